The first-order chi connectivity index (χ1) is 11.2. The fraction of sp³-hybridized carbons (Fsp3) is 0.222. The second kappa shape index (κ2) is 5.99. The van der Waals surface area contributed by atoms with Crippen LogP contribution < -0.4 is 4.90 Å². The molecule has 0 radical (unpaired) electrons. The van der Waals surface area contributed by atoms with E-state index in [2.05, 4.69) is 15.9 Å². The second-order valence-corrected chi connectivity index (χ2v) is 7.30. The number of halogens is 2. The summed E-state index contributed by atoms with van der Waals surface area (Å²) < 4.78 is 0.749. The molecule has 1 heterocycles. The molecule has 24 heavy (non-hydrogen) atoms. The molecule has 4 nitrogen and oxygen atoms in total. The SMILES string of the molecule is Cc1cc(Br)cc2c1N(C)C(=O)[C@@]2(O)CC(=O)c1ccc(Cl)cc1. The summed E-state index contributed by atoms with van der Waals surface area (Å²) in [6.45, 7) is 1.86. The van der Waals surface area contributed by atoms with Crippen LogP contribution in [-0.4, -0.2) is 23.8 Å². The Bertz CT molecular complexity index is 850. The molecular weight excluding hydrogens is 394 g/mol. The Morgan fingerprint density at radius 1 is 1.29 bits per heavy atom. The minimum absolute atomic E-state index is 0.318. The average Bonchev–Trinajstić information content (AvgIpc) is 2.70. The van der Waals surface area contributed by atoms with Crippen molar-refractivity contribution in [2.75, 3.05) is 11.9 Å². The Kier molecular flexibility index (Phi) is 4.28. The predicted octanol–water partition coefficient (Wildman–Crippen LogP) is 3.85. The first-order valence-electron chi connectivity index (χ1n) is 7.34. The average molecular weight is 409 g/mol. The molecule has 0 saturated carbocycles. The van der Waals surface area contributed by atoms with Gasteiger partial charge in [0.25, 0.3) is 5.91 Å². The fourth-order valence-corrected chi connectivity index (χ4v) is 3.83. The predicted molar refractivity (Wildman–Crippen MR) is 96.6 cm³/mol. The number of carbonyl (C=O) groups excluding carboxylic acids is 2. The first-order valence-corrected chi connectivity index (χ1v) is 8.51. The number of ketones is 1. The van der Waals surface area contributed by atoms with Gasteiger partial charge in [-0.15, -0.1) is 0 Å². The van der Waals surface area contributed by atoms with E-state index in [1.165, 1.54) is 4.90 Å². The van der Waals surface area contributed by atoms with E-state index in [0.29, 0.717) is 21.8 Å². The summed E-state index contributed by atoms with van der Waals surface area (Å²) in [6.07, 6.45) is -0.319. The summed E-state index contributed by atoms with van der Waals surface area (Å²) in [6, 6.07) is 9.95. The maximum atomic E-state index is 12.7. The van der Waals surface area contributed by atoms with Gasteiger partial charge in [0, 0.05) is 27.7 Å². The molecule has 1 N–H and O–H groups in total. The summed E-state index contributed by atoms with van der Waals surface area (Å²) in [5.74, 6) is -0.817. The highest BCUT2D eigenvalue weighted by atomic mass is 79.9. The van der Waals surface area contributed by atoms with Crippen LogP contribution in [0.3, 0.4) is 0 Å². The number of fused-ring (bicyclic) bond motifs is 1. The van der Waals surface area contributed by atoms with Crippen molar-refractivity contribution in [1.82, 2.24) is 0 Å². The summed E-state index contributed by atoms with van der Waals surface area (Å²) in [5, 5.41) is 11.6. The quantitative estimate of drug-likeness (QED) is 0.785. The van der Waals surface area contributed by atoms with E-state index < -0.39 is 11.5 Å². The van der Waals surface area contributed by atoms with Gasteiger partial charge in [0.15, 0.2) is 11.4 Å². The topological polar surface area (TPSA) is 57.6 Å². The van der Waals surface area contributed by atoms with Crippen LogP contribution in [0, 0.1) is 6.92 Å². The van der Waals surface area contributed by atoms with Gasteiger partial charge in [-0.2, -0.15) is 0 Å². The Balaban J connectivity index is 2.03. The number of hydrogen-bond donors (Lipinski definition) is 1. The molecule has 2 aromatic rings. The molecular formula is C18H15BrClNO3. The minimum atomic E-state index is -1.87. The number of aliphatic hydroxyl groups is 1. The van der Waals surface area contributed by atoms with Gasteiger partial charge < -0.3 is 10.0 Å². The standard InChI is InChI=1S/C18H15BrClNO3/c1-10-7-12(19)8-14-16(10)21(2)17(23)18(14,24)9-15(22)11-3-5-13(20)6-4-11/h3-8,24H,9H2,1-2H3/t18-/m1/s1. The molecule has 1 atom stereocenters. The van der Waals surface area contributed by atoms with Crippen LogP contribution in [0.25, 0.3) is 0 Å². The van der Waals surface area contributed by atoms with Gasteiger partial charge in [-0.1, -0.05) is 27.5 Å². The number of hydrogen-bond acceptors (Lipinski definition) is 3. The molecule has 1 aliphatic heterocycles. The summed E-state index contributed by atoms with van der Waals surface area (Å²) in [7, 11) is 1.60. The zero-order valence-electron chi connectivity index (χ0n) is 13.1. The van der Waals surface area contributed by atoms with Crippen LogP contribution in [0.1, 0.15) is 27.9 Å². The van der Waals surface area contributed by atoms with Crippen molar-refractivity contribution in [2.24, 2.45) is 0 Å². The van der Waals surface area contributed by atoms with E-state index >= 15 is 0 Å². The Labute approximate surface area is 153 Å². The Morgan fingerprint density at radius 2 is 1.92 bits per heavy atom. The number of amides is 1. The van der Waals surface area contributed by atoms with E-state index in [1.54, 1.807) is 37.4 Å². The van der Waals surface area contributed by atoms with Gasteiger partial charge in [-0.05, 0) is 48.9 Å². The molecule has 0 saturated heterocycles. The monoisotopic (exact) mass is 407 g/mol. The van der Waals surface area contributed by atoms with Crippen LogP contribution in [0.15, 0.2) is 40.9 Å². The molecule has 0 unspecified atom stereocenters. The van der Waals surface area contributed by atoms with Gasteiger partial charge in [0.1, 0.15) is 0 Å². The van der Waals surface area contributed by atoms with Crippen molar-refractivity contribution < 1.29 is 14.7 Å². The van der Waals surface area contributed by atoms with Crippen LogP contribution in [0.4, 0.5) is 5.69 Å². The largest absolute Gasteiger partial charge is 0.375 e. The molecule has 3 rings (SSSR count). The number of rotatable bonds is 3. The number of aryl methyl sites for hydroxylation is 1. The third-order valence-corrected chi connectivity index (χ3v) is 5.00. The highest BCUT2D eigenvalue weighted by molar-refractivity contribution is 9.10. The zero-order chi connectivity index (χ0) is 17.6. The molecule has 1 amide bonds. The van der Waals surface area contributed by atoms with Crippen LogP contribution in [0.2, 0.25) is 5.02 Å². The van der Waals surface area contributed by atoms with Gasteiger partial charge >= 0.3 is 0 Å². The van der Waals surface area contributed by atoms with Crippen molar-refractivity contribution in [3.63, 3.8) is 0 Å². The number of benzene rings is 2. The van der Waals surface area contributed by atoms with E-state index in [9.17, 15) is 14.7 Å². The molecule has 124 valence electrons. The van der Waals surface area contributed by atoms with Crippen LogP contribution >= 0.6 is 27.5 Å². The molecule has 2 aromatic carbocycles. The van der Waals surface area contributed by atoms with E-state index in [-0.39, 0.29) is 12.2 Å². The van der Waals surface area contributed by atoms with Crippen molar-refractivity contribution in [2.45, 2.75) is 18.9 Å². The van der Waals surface area contributed by atoms with Crippen molar-refractivity contribution in [3.05, 3.63) is 62.6 Å². The van der Waals surface area contributed by atoms with Crippen LogP contribution in [-0.2, 0) is 10.4 Å². The van der Waals surface area contributed by atoms with Gasteiger partial charge in [0.2, 0.25) is 0 Å². The van der Waals surface area contributed by atoms with E-state index in [4.69, 9.17) is 11.6 Å². The Hall–Kier alpha value is -1.69. The number of anilines is 1. The molecule has 1 aliphatic rings. The lowest BCUT2D eigenvalue weighted by atomic mass is 9.87. The molecule has 0 bridgehead atoms. The molecule has 0 spiro atoms. The lowest BCUT2D eigenvalue weighted by Gasteiger charge is -2.21. The number of Topliss-reactive ketones (excluding diaryl/α,β-unsaturated/α-hetero) is 1. The normalized spacial score (nSPS) is 19.5. The minimum Gasteiger partial charge on any atom is -0.375 e. The molecule has 0 fully saturated rings. The summed E-state index contributed by atoms with van der Waals surface area (Å²) in [4.78, 5) is 26.6. The molecule has 0 aromatic heterocycles. The van der Waals surface area contributed by atoms with Crippen molar-refractivity contribution >= 4 is 44.9 Å². The second-order valence-electron chi connectivity index (χ2n) is 5.95. The number of likely N-dealkylation sites (N-methyl/N-ethyl adjacent to an activating group) is 1. The molecule has 0 aliphatic carbocycles. The van der Waals surface area contributed by atoms with Crippen molar-refractivity contribution in [3.8, 4) is 0 Å². The smallest absolute Gasteiger partial charge is 0.263 e. The maximum absolute atomic E-state index is 12.7. The number of carbonyl (C=O) groups is 2. The number of nitrogens with zero attached hydrogens (tertiary/aromatic N) is 1. The van der Waals surface area contributed by atoms with E-state index in [1.807, 2.05) is 13.0 Å². The lowest BCUT2D eigenvalue weighted by molar-refractivity contribution is -0.135. The van der Waals surface area contributed by atoms with Gasteiger partial charge in [-0.3, -0.25) is 9.59 Å². The highest BCUT2D eigenvalue weighted by Gasteiger charge is 2.50. The summed E-state index contributed by atoms with van der Waals surface area (Å²) >= 11 is 9.22. The third-order valence-electron chi connectivity index (χ3n) is 4.29. The molecule has 6 heteroatoms. The van der Waals surface area contributed by atoms with Crippen molar-refractivity contribution in [1.29, 1.82) is 0 Å². The van der Waals surface area contributed by atoms with Gasteiger partial charge in [-0.25, -0.2) is 0 Å². The zero-order valence-corrected chi connectivity index (χ0v) is 15.5. The first kappa shape index (κ1) is 17.1. The Morgan fingerprint density at radius 3 is 2.54 bits per heavy atom. The fourth-order valence-electron chi connectivity index (χ4n) is 3.13. The van der Waals surface area contributed by atoms with Crippen LogP contribution in [0.5, 0.6) is 0 Å². The highest BCUT2D eigenvalue weighted by Crippen LogP contribution is 2.45. The summed E-state index contributed by atoms with van der Waals surface area (Å²) in [5.41, 5.74) is 0.488. The van der Waals surface area contributed by atoms with E-state index in [0.717, 1.165) is 10.0 Å². The third kappa shape index (κ3) is 2.66. The van der Waals surface area contributed by atoms with Gasteiger partial charge in [0.05, 0.1) is 12.1 Å². The maximum Gasteiger partial charge on any atom is 0.263 e. The lowest BCUT2D eigenvalue weighted by Crippen LogP contribution is -2.40.